The molecular formula is C17H23N5O. The molecule has 23 heavy (non-hydrogen) atoms. The van der Waals surface area contributed by atoms with Gasteiger partial charge < -0.3 is 15.4 Å². The number of methoxy groups -OCH3 is 1. The average molecular weight is 313 g/mol. The van der Waals surface area contributed by atoms with Gasteiger partial charge in [-0.15, -0.1) is 5.10 Å². The number of benzene rings is 1. The molecule has 0 bridgehead atoms. The van der Waals surface area contributed by atoms with Crippen LogP contribution >= 0.6 is 0 Å². The third kappa shape index (κ3) is 4.55. The van der Waals surface area contributed by atoms with Gasteiger partial charge in [-0.1, -0.05) is 25.0 Å². The molecule has 3 rings (SSSR count). The smallest absolute Gasteiger partial charge is 0.244 e. The Hall–Kier alpha value is -2.37. The first-order valence-electron chi connectivity index (χ1n) is 8.16. The molecule has 0 atom stereocenters. The monoisotopic (exact) mass is 313 g/mol. The fraction of sp³-hybridized carbons (Fsp3) is 0.471. The fourth-order valence-electron chi connectivity index (χ4n) is 2.83. The van der Waals surface area contributed by atoms with Crippen molar-refractivity contribution in [2.75, 3.05) is 24.3 Å². The van der Waals surface area contributed by atoms with E-state index in [0.717, 1.165) is 24.5 Å². The van der Waals surface area contributed by atoms with E-state index >= 15 is 0 Å². The lowest BCUT2D eigenvalue weighted by molar-refractivity contribution is 0.414. The van der Waals surface area contributed by atoms with Crippen molar-refractivity contribution in [3.63, 3.8) is 0 Å². The molecule has 0 amide bonds. The van der Waals surface area contributed by atoms with E-state index in [0.29, 0.717) is 12.0 Å². The second kappa shape index (κ2) is 7.76. The Kier molecular flexibility index (Phi) is 5.24. The summed E-state index contributed by atoms with van der Waals surface area (Å²) in [5.41, 5.74) is 1.25. The van der Waals surface area contributed by atoms with Gasteiger partial charge in [0.15, 0.2) is 5.82 Å². The van der Waals surface area contributed by atoms with E-state index in [1.807, 2.05) is 12.1 Å². The molecule has 1 saturated carbocycles. The van der Waals surface area contributed by atoms with Gasteiger partial charge in [-0.05, 0) is 37.0 Å². The molecule has 1 aliphatic rings. The van der Waals surface area contributed by atoms with E-state index in [4.69, 9.17) is 4.74 Å². The molecule has 0 saturated heterocycles. The number of aromatic nitrogens is 3. The summed E-state index contributed by atoms with van der Waals surface area (Å²) in [4.78, 5) is 4.48. The van der Waals surface area contributed by atoms with E-state index < -0.39 is 0 Å². The summed E-state index contributed by atoms with van der Waals surface area (Å²) in [6, 6.07) is 8.60. The van der Waals surface area contributed by atoms with Crippen LogP contribution in [0.25, 0.3) is 0 Å². The highest BCUT2D eigenvalue weighted by molar-refractivity contribution is 5.38. The van der Waals surface area contributed by atoms with Crippen molar-refractivity contribution in [3.8, 4) is 5.75 Å². The topological polar surface area (TPSA) is 72.0 Å². The Morgan fingerprint density at radius 1 is 1.17 bits per heavy atom. The summed E-state index contributed by atoms with van der Waals surface area (Å²) in [5, 5.41) is 14.7. The molecule has 1 fully saturated rings. The van der Waals surface area contributed by atoms with E-state index in [1.165, 1.54) is 31.2 Å². The maximum atomic E-state index is 5.16. The lowest BCUT2D eigenvalue weighted by Gasteiger charge is -2.12. The normalized spacial score (nSPS) is 14.7. The maximum Gasteiger partial charge on any atom is 0.244 e. The predicted molar refractivity (Wildman–Crippen MR) is 90.9 cm³/mol. The van der Waals surface area contributed by atoms with Crippen molar-refractivity contribution in [1.82, 2.24) is 15.2 Å². The van der Waals surface area contributed by atoms with Gasteiger partial charge in [0, 0.05) is 12.6 Å². The van der Waals surface area contributed by atoms with Gasteiger partial charge >= 0.3 is 0 Å². The quantitative estimate of drug-likeness (QED) is 0.819. The average Bonchev–Trinajstić information content (AvgIpc) is 3.09. The van der Waals surface area contributed by atoms with Crippen molar-refractivity contribution < 1.29 is 4.74 Å². The molecule has 0 spiro atoms. The third-order valence-electron chi connectivity index (χ3n) is 4.13. The summed E-state index contributed by atoms with van der Waals surface area (Å²) in [7, 11) is 1.68. The molecule has 1 aromatic heterocycles. The molecule has 1 aliphatic carbocycles. The summed E-state index contributed by atoms with van der Waals surface area (Å²) in [5.74, 6) is 2.25. The van der Waals surface area contributed by atoms with Crippen molar-refractivity contribution in [1.29, 1.82) is 0 Å². The van der Waals surface area contributed by atoms with Crippen LogP contribution < -0.4 is 15.4 Å². The van der Waals surface area contributed by atoms with Crippen molar-refractivity contribution in [3.05, 3.63) is 36.0 Å². The Morgan fingerprint density at radius 2 is 1.96 bits per heavy atom. The summed E-state index contributed by atoms with van der Waals surface area (Å²) < 4.78 is 5.16. The zero-order valence-corrected chi connectivity index (χ0v) is 13.5. The van der Waals surface area contributed by atoms with Gasteiger partial charge in [-0.3, -0.25) is 0 Å². The highest BCUT2D eigenvalue weighted by atomic mass is 16.5. The number of rotatable bonds is 7. The lowest BCUT2D eigenvalue weighted by Crippen LogP contribution is -2.18. The molecule has 0 aliphatic heterocycles. The van der Waals surface area contributed by atoms with Crippen LogP contribution in [0.4, 0.5) is 11.8 Å². The second-order valence-electron chi connectivity index (χ2n) is 5.82. The first-order valence-corrected chi connectivity index (χ1v) is 8.16. The van der Waals surface area contributed by atoms with Gasteiger partial charge in [-0.2, -0.15) is 10.1 Å². The number of nitrogens with one attached hydrogen (secondary N) is 2. The molecule has 0 unspecified atom stereocenters. The molecule has 122 valence electrons. The standard InChI is InChI=1S/C17H23N5O/c1-23-15-8-6-13(7-9-15)10-11-18-16-12-19-22-17(21-16)20-14-4-2-3-5-14/h6-9,12,14H,2-5,10-11H2,1H3,(H2,18,20,21,22). The van der Waals surface area contributed by atoms with Crippen LogP contribution in [0.1, 0.15) is 31.2 Å². The van der Waals surface area contributed by atoms with Crippen LogP contribution in [0.3, 0.4) is 0 Å². The number of hydrogen-bond acceptors (Lipinski definition) is 6. The summed E-state index contributed by atoms with van der Waals surface area (Å²) in [6.07, 6.45) is 7.53. The molecule has 2 N–H and O–H groups in total. The largest absolute Gasteiger partial charge is 0.497 e. The Balaban J connectivity index is 1.49. The number of nitrogens with zero attached hydrogens (tertiary/aromatic N) is 3. The van der Waals surface area contributed by atoms with Crippen LogP contribution in [0.5, 0.6) is 5.75 Å². The van der Waals surface area contributed by atoms with Gasteiger partial charge in [0.1, 0.15) is 5.75 Å². The SMILES string of the molecule is COc1ccc(CCNc2cnnc(NC3CCCC3)n2)cc1. The van der Waals surface area contributed by atoms with E-state index in [9.17, 15) is 0 Å². The molecule has 1 heterocycles. The minimum Gasteiger partial charge on any atom is -0.497 e. The summed E-state index contributed by atoms with van der Waals surface area (Å²) >= 11 is 0. The van der Waals surface area contributed by atoms with Crippen LogP contribution in [0.2, 0.25) is 0 Å². The van der Waals surface area contributed by atoms with E-state index in [2.05, 4.69) is 37.9 Å². The Labute approximate surface area is 136 Å². The van der Waals surface area contributed by atoms with Crippen molar-refractivity contribution >= 4 is 11.8 Å². The number of anilines is 2. The fourth-order valence-corrected chi connectivity index (χ4v) is 2.83. The predicted octanol–water partition coefficient (Wildman–Crippen LogP) is 2.89. The van der Waals surface area contributed by atoms with Gasteiger partial charge in [0.05, 0.1) is 13.3 Å². The molecule has 6 heteroatoms. The molecule has 2 aromatic rings. The molecule has 0 radical (unpaired) electrons. The zero-order chi connectivity index (χ0) is 15.9. The lowest BCUT2D eigenvalue weighted by atomic mass is 10.1. The van der Waals surface area contributed by atoms with E-state index in [1.54, 1.807) is 13.3 Å². The van der Waals surface area contributed by atoms with Crippen molar-refractivity contribution in [2.24, 2.45) is 0 Å². The molecule has 6 nitrogen and oxygen atoms in total. The third-order valence-corrected chi connectivity index (χ3v) is 4.13. The highest BCUT2D eigenvalue weighted by Gasteiger charge is 2.15. The zero-order valence-electron chi connectivity index (χ0n) is 13.5. The first-order chi connectivity index (χ1) is 11.3. The number of ether oxygens (including phenoxy) is 1. The van der Waals surface area contributed by atoms with Gasteiger partial charge in [0.2, 0.25) is 5.95 Å². The van der Waals surface area contributed by atoms with Gasteiger partial charge in [-0.25, -0.2) is 0 Å². The highest BCUT2D eigenvalue weighted by Crippen LogP contribution is 2.20. The van der Waals surface area contributed by atoms with Crippen LogP contribution in [0, 0.1) is 0 Å². The number of hydrogen-bond donors (Lipinski definition) is 2. The van der Waals surface area contributed by atoms with Crippen molar-refractivity contribution in [2.45, 2.75) is 38.1 Å². The minimum atomic E-state index is 0.492. The van der Waals surface area contributed by atoms with Crippen LogP contribution in [-0.2, 0) is 6.42 Å². The van der Waals surface area contributed by atoms with Crippen LogP contribution in [0.15, 0.2) is 30.5 Å². The molecular weight excluding hydrogens is 290 g/mol. The van der Waals surface area contributed by atoms with E-state index in [-0.39, 0.29) is 0 Å². The maximum absolute atomic E-state index is 5.16. The summed E-state index contributed by atoms with van der Waals surface area (Å²) in [6.45, 7) is 0.799. The Morgan fingerprint density at radius 3 is 2.70 bits per heavy atom. The minimum absolute atomic E-state index is 0.492. The Bertz CT molecular complexity index is 611. The first kappa shape index (κ1) is 15.5. The second-order valence-corrected chi connectivity index (χ2v) is 5.82. The molecule has 1 aromatic carbocycles. The van der Waals surface area contributed by atoms with Crippen LogP contribution in [-0.4, -0.2) is 34.9 Å². The van der Waals surface area contributed by atoms with Gasteiger partial charge in [0.25, 0.3) is 0 Å².